The van der Waals surface area contributed by atoms with E-state index in [4.69, 9.17) is 16.7 Å². The van der Waals surface area contributed by atoms with Crippen molar-refractivity contribution < 1.29 is 5.11 Å². The molecule has 0 radical (unpaired) electrons. The highest BCUT2D eigenvalue weighted by Crippen LogP contribution is 2.24. The standard InChI is InChI=1S/C7H5ClN2O/c8-6-5(11)3-4-1-2-9-7(4)10-6/h1-3,11H,(H,9,10). The number of hydrogen-bond donors (Lipinski definition) is 2. The van der Waals surface area contributed by atoms with Gasteiger partial charge in [0.1, 0.15) is 5.65 Å². The van der Waals surface area contributed by atoms with E-state index in [-0.39, 0.29) is 10.9 Å². The van der Waals surface area contributed by atoms with Crippen molar-refractivity contribution in [2.24, 2.45) is 0 Å². The second-order valence-electron chi connectivity index (χ2n) is 2.21. The number of hydrogen-bond acceptors (Lipinski definition) is 2. The summed E-state index contributed by atoms with van der Waals surface area (Å²) in [5, 5.41) is 10.1. The number of rotatable bonds is 0. The fraction of sp³-hybridized carbons (Fsp3) is 0. The van der Waals surface area contributed by atoms with Crippen molar-refractivity contribution >= 4 is 22.6 Å². The lowest BCUT2D eigenvalue weighted by Gasteiger charge is -1.94. The van der Waals surface area contributed by atoms with E-state index < -0.39 is 0 Å². The Balaban J connectivity index is 2.86. The molecule has 0 saturated heterocycles. The van der Waals surface area contributed by atoms with E-state index in [1.807, 2.05) is 6.07 Å². The molecular formula is C7H5ClN2O. The molecule has 0 atom stereocenters. The van der Waals surface area contributed by atoms with Gasteiger partial charge in [-0.1, -0.05) is 11.6 Å². The van der Waals surface area contributed by atoms with Crippen LogP contribution in [0.4, 0.5) is 0 Å². The van der Waals surface area contributed by atoms with Crippen LogP contribution in [0.5, 0.6) is 5.75 Å². The van der Waals surface area contributed by atoms with Crippen molar-refractivity contribution in [1.29, 1.82) is 0 Å². The Morgan fingerprint density at radius 3 is 3.18 bits per heavy atom. The first-order valence-electron chi connectivity index (χ1n) is 3.10. The number of pyridine rings is 1. The van der Waals surface area contributed by atoms with Crippen molar-refractivity contribution in [2.45, 2.75) is 0 Å². The van der Waals surface area contributed by atoms with Gasteiger partial charge < -0.3 is 10.1 Å². The highest BCUT2D eigenvalue weighted by Gasteiger charge is 2.02. The molecule has 2 aromatic heterocycles. The van der Waals surface area contributed by atoms with E-state index in [0.717, 1.165) is 5.39 Å². The van der Waals surface area contributed by atoms with Gasteiger partial charge in [0.25, 0.3) is 0 Å². The lowest BCUT2D eigenvalue weighted by Crippen LogP contribution is -1.77. The van der Waals surface area contributed by atoms with Crippen LogP contribution in [-0.4, -0.2) is 15.1 Å². The van der Waals surface area contributed by atoms with E-state index in [1.165, 1.54) is 0 Å². The second-order valence-corrected chi connectivity index (χ2v) is 2.57. The molecule has 0 spiro atoms. The number of nitrogens with one attached hydrogen (secondary N) is 1. The Morgan fingerprint density at radius 2 is 2.36 bits per heavy atom. The molecule has 0 aliphatic rings. The van der Waals surface area contributed by atoms with Gasteiger partial charge in [-0.2, -0.15) is 0 Å². The van der Waals surface area contributed by atoms with Crippen LogP contribution in [0.2, 0.25) is 5.15 Å². The zero-order chi connectivity index (χ0) is 7.84. The van der Waals surface area contributed by atoms with Crippen LogP contribution in [0.1, 0.15) is 0 Å². The topological polar surface area (TPSA) is 48.9 Å². The van der Waals surface area contributed by atoms with Crippen molar-refractivity contribution in [3.05, 3.63) is 23.5 Å². The molecular weight excluding hydrogens is 164 g/mol. The molecule has 0 fully saturated rings. The molecule has 2 heterocycles. The summed E-state index contributed by atoms with van der Waals surface area (Å²) in [5.41, 5.74) is 0.688. The zero-order valence-corrected chi connectivity index (χ0v) is 6.26. The molecule has 0 aliphatic carbocycles. The largest absolute Gasteiger partial charge is 0.505 e. The summed E-state index contributed by atoms with van der Waals surface area (Å²) < 4.78 is 0. The minimum Gasteiger partial charge on any atom is -0.505 e. The quantitative estimate of drug-likeness (QED) is 0.591. The Hall–Kier alpha value is -1.22. The summed E-state index contributed by atoms with van der Waals surface area (Å²) in [6.45, 7) is 0. The molecule has 11 heavy (non-hydrogen) atoms. The molecule has 0 aliphatic heterocycles. The summed E-state index contributed by atoms with van der Waals surface area (Å²) in [6.07, 6.45) is 1.74. The van der Waals surface area contributed by atoms with Crippen LogP contribution >= 0.6 is 11.6 Å². The molecule has 3 nitrogen and oxygen atoms in total. The van der Waals surface area contributed by atoms with Crippen molar-refractivity contribution in [3.8, 4) is 5.75 Å². The number of aromatic amines is 1. The molecule has 2 aromatic rings. The molecule has 0 amide bonds. The number of nitrogens with zero attached hydrogens (tertiary/aromatic N) is 1. The van der Waals surface area contributed by atoms with Gasteiger partial charge in [-0.05, 0) is 12.1 Å². The molecule has 2 N–H and O–H groups in total. The number of aromatic hydroxyl groups is 1. The highest BCUT2D eigenvalue weighted by atomic mass is 35.5. The van der Waals surface area contributed by atoms with E-state index in [2.05, 4.69) is 9.97 Å². The SMILES string of the molecule is Oc1cc2cc[nH]c2nc1Cl. The van der Waals surface area contributed by atoms with Gasteiger partial charge in [-0.3, -0.25) is 0 Å². The van der Waals surface area contributed by atoms with Crippen LogP contribution in [0.3, 0.4) is 0 Å². The molecule has 0 bridgehead atoms. The summed E-state index contributed by atoms with van der Waals surface area (Å²) in [7, 11) is 0. The maximum absolute atomic E-state index is 9.13. The van der Waals surface area contributed by atoms with Gasteiger partial charge >= 0.3 is 0 Å². The fourth-order valence-corrected chi connectivity index (χ4v) is 1.09. The molecule has 4 heteroatoms. The van der Waals surface area contributed by atoms with Gasteiger partial charge in [-0.15, -0.1) is 0 Å². The van der Waals surface area contributed by atoms with Crippen LogP contribution in [0, 0.1) is 0 Å². The first-order chi connectivity index (χ1) is 5.27. The third kappa shape index (κ3) is 0.935. The summed E-state index contributed by atoms with van der Waals surface area (Å²) in [6, 6.07) is 3.39. The molecule has 0 unspecified atom stereocenters. The van der Waals surface area contributed by atoms with E-state index in [1.54, 1.807) is 12.3 Å². The molecule has 0 saturated carbocycles. The Labute approximate surface area is 67.6 Å². The smallest absolute Gasteiger partial charge is 0.173 e. The lowest BCUT2D eigenvalue weighted by atomic mass is 10.3. The van der Waals surface area contributed by atoms with Crippen LogP contribution in [0.25, 0.3) is 11.0 Å². The predicted octanol–water partition coefficient (Wildman–Crippen LogP) is 1.92. The zero-order valence-electron chi connectivity index (χ0n) is 5.50. The average Bonchev–Trinajstić information content (AvgIpc) is 2.36. The number of halogens is 1. The summed E-state index contributed by atoms with van der Waals surface area (Å²) in [5.74, 6) is 0.0127. The first-order valence-corrected chi connectivity index (χ1v) is 3.48. The van der Waals surface area contributed by atoms with E-state index >= 15 is 0 Å². The van der Waals surface area contributed by atoms with Gasteiger partial charge in [-0.25, -0.2) is 4.98 Å². The molecule has 56 valence electrons. The highest BCUT2D eigenvalue weighted by molar-refractivity contribution is 6.31. The van der Waals surface area contributed by atoms with Crippen molar-refractivity contribution in [1.82, 2.24) is 9.97 Å². The number of aromatic nitrogens is 2. The third-order valence-electron chi connectivity index (χ3n) is 1.47. The minimum atomic E-state index is 0.0127. The van der Waals surface area contributed by atoms with Gasteiger partial charge in [0.15, 0.2) is 10.9 Å². The summed E-state index contributed by atoms with van der Waals surface area (Å²) in [4.78, 5) is 6.78. The van der Waals surface area contributed by atoms with Gasteiger partial charge in [0, 0.05) is 11.6 Å². The normalized spacial score (nSPS) is 10.6. The fourth-order valence-electron chi connectivity index (χ4n) is 0.948. The van der Waals surface area contributed by atoms with E-state index in [9.17, 15) is 0 Å². The second kappa shape index (κ2) is 2.13. The van der Waals surface area contributed by atoms with E-state index in [0.29, 0.717) is 5.65 Å². The minimum absolute atomic E-state index is 0.0127. The average molecular weight is 169 g/mol. The lowest BCUT2D eigenvalue weighted by molar-refractivity contribution is 0.474. The Morgan fingerprint density at radius 1 is 1.55 bits per heavy atom. The first kappa shape index (κ1) is 6.49. The molecule has 0 aromatic carbocycles. The Bertz CT molecular complexity index is 360. The number of fused-ring (bicyclic) bond motifs is 1. The monoisotopic (exact) mass is 168 g/mol. The summed E-state index contributed by atoms with van der Waals surface area (Å²) >= 11 is 5.56. The van der Waals surface area contributed by atoms with Crippen molar-refractivity contribution in [3.63, 3.8) is 0 Å². The maximum Gasteiger partial charge on any atom is 0.173 e. The predicted molar refractivity (Wildman–Crippen MR) is 42.8 cm³/mol. The third-order valence-corrected chi connectivity index (χ3v) is 1.75. The van der Waals surface area contributed by atoms with Crippen molar-refractivity contribution in [2.75, 3.05) is 0 Å². The van der Waals surface area contributed by atoms with Crippen LogP contribution in [-0.2, 0) is 0 Å². The maximum atomic E-state index is 9.13. The Kier molecular flexibility index (Phi) is 1.26. The van der Waals surface area contributed by atoms with Gasteiger partial charge in [0.05, 0.1) is 0 Å². The van der Waals surface area contributed by atoms with Crippen LogP contribution < -0.4 is 0 Å². The molecule has 2 rings (SSSR count). The number of H-pyrrole nitrogens is 1. The van der Waals surface area contributed by atoms with Gasteiger partial charge in [0.2, 0.25) is 0 Å². The van der Waals surface area contributed by atoms with Crippen LogP contribution in [0.15, 0.2) is 18.3 Å².